The van der Waals surface area contributed by atoms with Crippen molar-refractivity contribution in [2.24, 2.45) is 0 Å². The molecule has 42 heavy (non-hydrogen) atoms. The summed E-state index contributed by atoms with van der Waals surface area (Å²) in [7, 11) is 2.89. The molecule has 0 saturated heterocycles. The van der Waals surface area contributed by atoms with Crippen LogP contribution in [-0.2, 0) is 31.9 Å². The van der Waals surface area contributed by atoms with Crippen LogP contribution < -0.4 is 0 Å². The molecule has 0 amide bonds. The lowest BCUT2D eigenvalue weighted by Crippen LogP contribution is -2.03. The van der Waals surface area contributed by atoms with Crippen molar-refractivity contribution in [1.82, 2.24) is 0 Å². The lowest BCUT2D eigenvalue weighted by atomic mass is 10.1. The molecular formula is C36H36O4S2. The van der Waals surface area contributed by atoms with Gasteiger partial charge in [-0.1, -0.05) is 59.7 Å². The largest absolute Gasteiger partial charge is 0.466 e. The molecular weight excluding hydrogens is 561 g/mol. The van der Waals surface area contributed by atoms with Gasteiger partial charge in [0.2, 0.25) is 0 Å². The number of ether oxygens (including phenoxy) is 2. The number of hydrogen-bond acceptors (Lipinski definition) is 6. The van der Waals surface area contributed by atoms with Crippen LogP contribution in [0.4, 0.5) is 0 Å². The fourth-order valence-corrected chi connectivity index (χ4v) is 7.60. The Morgan fingerprint density at radius 1 is 0.595 bits per heavy atom. The van der Waals surface area contributed by atoms with E-state index in [1.54, 1.807) is 0 Å². The van der Waals surface area contributed by atoms with E-state index in [1.165, 1.54) is 67.1 Å². The Morgan fingerprint density at radius 2 is 0.976 bits per heavy atom. The van der Waals surface area contributed by atoms with Crippen molar-refractivity contribution in [1.29, 1.82) is 0 Å². The third-order valence-electron chi connectivity index (χ3n) is 7.61. The fourth-order valence-electron chi connectivity index (χ4n) is 5.22. The fraction of sp³-hybridized carbons (Fsp3) is 0.278. The van der Waals surface area contributed by atoms with Gasteiger partial charge in [0.1, 0.15) is 0 Å². The molecule has 2 aromatic carbocycles. The molecule has 2 aliphatic rings. The average molecular weight is 597 g/mol. The molecule has 0 bridgehead atoms. The third kappa shape index (κ3) is 7.00. The number of hydrogen-bond donors (Lipinski definition) is 0. The highest BCUT2D eigenvalue weighted by atomic mass is 32.1. The molecule has 216 valence electrons. The summed E-state index contributed by atoms with van der Waals surface area (Å²) in [5, 5.41) is 0. The summed E-state index contributed by atoms with van der Waals surface area (Å²) in [5.74, 6) is -0.406. The van der Waals surface area contributed by atoms with Crippen LogP contribution in [0.5, 0.6) is 0 Å². The van der Waals surface area contributed by atoms with Crippen molar-refractivity contribution in [3.05, 3.63) is 104 Å². The molecule has 6 heteroatoms. The molecule has 0 N–H and O–H groups in total. The average Bonchev–Trinajstić information content (AvgIpc) is 3.46. The third-order valence-corrected chi connectivity index (χ3v) is 10.1. The number of carbonyl (C=O) groups excluding carboxylic acids is 2. The van der Waals surface area contributed by atoms with Crippen molar-refractivity contribution >= 4 is 46.8 Å². The lowest BCUT2D eigenvalue weighted by molar-refractivity contribution is -0.137. The zero-order chi connectivity index (χ0) is 29.6. The molecule has 2 aromatic heterocycles. The summed E-state index contributed by atoms with van der Waals surface area (Å²) in [5.41, 5.74) is 8.93. The van der Waals surface area contributed by atoms with E-state index in [0.717, 1.165) is 49.7 Å². The Hall–Kier alpha value is -3.74. The highest BCUT2D eigenvalue weighted by Gasteiger charge is 2.19. The predicted molar refractivity (Wildman–Crippen MR) is 175 cm³/mol. The molecule has 0 saturated carbocycles. The summed E-state index contributed by atoms with van der Waals surface area (Å²) < 4.78 is 9.72. The molecule has 0 spiro atoms. The number of esters is 2. The predicted octanol–water partition coefficient (Wildman–Crippen LogP) is 9.23. The van der Waals surface area contributed by atoms with Crippen LogP contribution in [0.3, 0.4) is 0 Å². The molecule has 0 aliphatic heterocycles. The van der Waals surface area contributed by atoms with Gasteiger partial charge in [0, 0.05) is 30.7 Å². The molecule has 6 rings (SSSR count). The highest BCUT2D eigenvalue weighted by Crippen LogP contribution is 2.37. The Kier molecular flexibility index (Phi) is 9.55. The normalized spacial score (nSPS) is 14.1. The minimum absolute atomic E-state index is 0.203. The first-order chi connectivity index (χ1) is 20.3. The van der Waals surface area contributed by atoms with Crippen molar-refractivity contribution < 1.29 is 19.1 Å². The molecule has 4 nitrogen and oxygen atoms in total. The number of carbonyl (C=O) groups is 2. The Labute approximate surface area is 256 Å². The van der Waals surface area contributed by atoms with Crippen LogP contribution in [0.15, 0.2) is 71.8 Å². The molecule has 0 radical (unpaired) electrons. The second-order valence-electron chi connectivity index (χ2n) is 10.7. The monoisotopic (exact) mass is 596 g/mol. The first kappa shape index (κ1) is 29.7. The minimum Gasteiger partial charge on any atom is -0.466 e. The number of benzene rings is 2. The van der Waals surface area contributed by atoms with E-state index in [-0.39, 0.29) is 11.9 Å². The van der Waals surface area contributed by atoms with Gasteiger partial charge in [0.05, 0.1) is 14.2 Å². The Morgan fingerprint density at radius 3 is 1.33 bits per heavy atom. The molecule has 4 aromatic rings. The highest BCUT2D eigenvalue weighted by molar-refractivity contribution is 7.16. The van der Waals surface area contributed by atoms with Gasteiger partial charge in [-0.15, -0.1) is 22.7 Å². The maximum atomic E-state index is 11.8. The summed E-state index contributed by atoms with van der Waals surface area (Å²) in [6, 6.07) is 21.6. The van der Waals surface area contributed by atoms with E-state index in [4.69, 9.17) is 9.47 Å². The second-order valence-corrected chi connectivity index (χ2v) is 13.0. The number of rotatable bonds is 4. The Bertz CT molecular complexity index is 1510. The van der Waals surface area contributed by atoms with Crippen molar-refractivity contribution in [2.75, 3.05) is 14.2 Å². The second kappa shape index (κ2) is 13.5. The minimum atomic E-state index is -0.203. The van der Waals surface area contributed by atoms with Crippen LogP contribution in [0, 0.1) is 13.8 Å². The number of thiophene rings is 2. The van der Waals surface area contributed by atoms with Crippen LogP contribution in [0.1, 0.15) is 57.7 Å². The quantitative estimate of drug-likeness (QED) is 0.220. The summed E-state index contributed by atoms with van der Waals surface area (Å²) in [6.45, 7) is 4.19. The van der Waals surface area contributed by atoms with E-state index in [0.29, 0.717) is 0 Å². The first-order valence-corrected chi connectivity index (χ1v) is 15.9. The molecule has 0 unspecified atom stereocenters. The van der Waals surface area contributed by atoms with Gasteiger partial charge in [-0.25, -0.2) is 9.59 Å². The SMILES string of the molecule is COC(=O)C1=Cc2cc(-c3ccc(C)cc3)sc2CCC1.COC(=O)C1=Cc2cc(-c3ccc(C)cc3)sc2CCC1. The molecule has 2 aliphatic carbocycles. The van der Waals surface area contributed by atoms with Crippen LogP contribution in [-0.4, -0.2) is 26.2 Å². The van der Waals surface area contributed by atoms with Gasteiger partial charge in [0.25, 0.3) is 0 Å². The Balaban J connectivity index is 0.000000168. The van der Waals surface area contributed by atoms with Crippen LogP contribution in [0.25, 0.3) is 33.0 Å². The first-order valence-electron chi connectivity index (χ1n) is 14.3. The number of fused-ring (bicyclic) bond motifs is 2. The number of aryl methyl sites for hydroxylation is 4. The maximum Gasteiger partial charge on any atom is 0.333 e. The summed E-state index contributed by atoms with van der Waals surface area (Å²) in [6.07, 6.45) is 9.67. The molecule has 0 atom stereocenters. The van der Waals surface area contributed by atoms with Crippen molar-refractivity contribution in [3.63, 3.8) is 0 Å². The topological polar surface area (TPSA) is 52.6 Å². The molecule has 0 fully saturated rings. The zero-order valence-electron chi connectivity index (χ0n) is 24.6. The summed E-state index contributed by atoms with van der Waals surface area (Å²) >= 11 is 3.66. The van der Waals surface area contributed by atoms with Gasteiger partial charge in [-0.05, 0) is 98.9 Å². The van der Waals surface area contributed by atoms with Gasteiger partial charge in [-0.2, -0.15) is 0 Å². The summed E-state index contributed by atoms with van der Waals surface area (Å²) in [4.78, 5) is 28.8. The van der Waals surface area contributed by atoms with Gasteiger partial charge in [-0.3, -0.25) is 0 Å². The smallest absolute Gasteiger partial charge is 0.333 e. The van der Waals surface area contributed by atoms with E-state index in [2.05, 4.69) is 74.5 Å². The van der Waals surface area contributed by atoms with Gasteiger partial charge in [0.15, 0.2) is 0 Å². The van der Waals surface area contributed by atoms with Crippen molar-refractivity contribution in [2.45, 2.75) is 52.4 Å². The lowest BCUT2D eigenvalue weighted by Gasteiger charge is -2.02. The number of methoxy groups -OCH3 is 2. The molecule has 2 heterocycles. The van der Waals surface area contributed by atoms with Crippen LogP contribution in [0.2, 0.25) is 0 Å². The van der Waals surface area contributed by atoms with Gasteiger partial charge >= 0.3 is 11.9 Å². The van der Waals surface area contributed by atoms with Crippen LogP contribution >= 0.6 is 22.7 Å². The van der Waals surface area contributed by atoms with Crippen molar-refractivity contribution in [3.8, 4) is 20.9 Å². The zero-order valence-corrected chi connectivity index (χ0v) is 26.3. The van der Waals surface area contributed by atoms with E-state index >= 15 is 0 Å². The van der Waals surface area contributed by atoms with Gasteiger partial charge < -0.3 is 9.47 Å². The van der Waals surface area contributed by atoms with E-state index in [9.17, 15) is 9.59 Å². The van der Waals surface area contributed by atoms with E-state index < -0.39 is 0 Å². The van der Waals surface area contributed by atoms with E-state index in [1.807, 2.05) is 34.8 Å². The standard InChI is InChI=1S/2C18H18O2S/c2*1-12-6-8-13(9-7-12)17-11-15-10-14(18(19)20-2)4-3-5-16(15)21-17/h2*6-11H,3-5H2,1-2H3. The maximum absolute atomic E-state index is 11.8.